The summed E-state index contributed by atoms with van der Waals surface area (Å²) in [6.45, 7) is 4.96. The highest BCUT2D eigenvalue weighted by Crippen LogP contribution is 2.34. The number of imide groups is 1. The zero-order valence-electron chi connectivity index (χ0n) is 9.97. The summed E-state index contributed by atoms with van der Waals surface area (Å²) in [5.41, 5.74) is -0.156. The van der Waals surface area contributed by atoms with Gasteiger partial charge >= 0.3 is 0 Å². The average molecular weight is 234 g/mol. The van der Waals surface area contributed by atoms with Crippen molar-refractivity contribution in [1.29, 1.82) is 0 Å². The monoisotopic (exact) mass is 234 g/mol. The minimum absolute atomic E-state index is 0.259. The smallest absolute Gasteiger partial charge is 0.264 e. The second kappa shape index (κ2) is 3.63. The Labute approximate surface area is 99.1 Å². The third kappa shape index (κ3) is 1.63. The number of amides is 2. The van der Waals surface area contributed by atoms with Gasteiger partial charge in [0.25, 0.3) is 5.91 Å². The molecule has 1 atom stereocenters. The summed E-state index contributed by atoms with van der Waals surface area (Å²) in [5, 5.41) is 9.74. The van der Waals surface area contributed by atoms with E-state index in [1.165, 1.54) is 0 Å². The fourth-order valence-corrected chi connectivity index (χ4v) is 1.75. The van der Waals surface area contributed by atoms with Crippen molar-refractivity contribution in [2.24, 2.45) is 5.41 Å². The van der Waals surface area contributed by atoms with Gasteiger partial charge in [-0.1, -0.05) is 6.07 Å². The Morgan fingerprint density at radius 2 is 2.00 bits per heavy atom. The van der Waals surface area contributed by atoms with Crippen LogP contribution < -0.4 is 4.90 Å². The molecule has 1 fully saturated rings. The van der Waals surface area contributed by atoms with E-state index in [-0.39, 0.29) is 5.82 Å². The molecule has 90 valence electrons. The highest BCUT2D eigenvalue weighted by molar-refractivity contribution is 6.23. The number of aliphatic hydroxyl groups is 1. The predicted molar refractivity (Wildman–Crippen MR) is 61.3 cm³/mol. The van der Waals surface area contributed by atoms with Crippen LogP contribution in [0.5, 0.6) is 0 Å². The van der Waals surface area contributed by atoms with Crippen LogP contribution in [0.1, 0.15) is 19.4 Å². The van der Waals surface area contributed by atoms with E-state index in [1.54, 1.807) is 32.2 Å². The third-order valence-electron chi connectivity index (χ3n) is 3.02. The van der Waals surface area contributed by atoms with Gasteiger partial charge in [-0.15, -0.1) is 0 Å². The first-order valence-corrected chi connectivity index (χ1v) is 5.35. The van der Waals surface area contributed by atoms with Gasteiger partial charge < -0.3 is 5.11 Å². The zero-order valence-corrected chi connectivity index (χ0v) is 9.97. The Morgan fingerprint density at radius 1 is 1.35 bits per heavy atom. The normalized spacial score (nSPS) is 23.3. The molecule has 0 spiro atoms. The van der Waals surface area contributed by atoms with Crippen LogP contribution in [0.25, 0.3) is 0 Å². The Balaban J connectivity index is 2.44. The van der Waals surface area contributed by atoms with Crippen LogP contribution in [-0.2, 0) is 9.59 Å². The standard InChI is InChI=1S/C12H14N2O3/c1-7-4-5-8(13-6-7)14-10(16)9(15)12(2,3)11(14)17/h4-6,9,15H,1-3H3. The largest absolute Gasteiger partial charge is 0.382 e. The maximum absolute atomic E-state index is 12.0. The first kappa shape index (κ1) is 11.7. The van der Waals surface area contributed by atoms with Crippen LogP contribution >= 0.6 is 0 Å². The molecule has 17 heavy (non-hydrogen) atoms. The lowest BCUT2D eigenvalue weighted by molar-refractivity contribution is -0.129. The van der Waals surface area contributed by atoms with Crippen molar-refractivity contribution < 1.29 is 14.7 Å². The Hall–Kier alpha value is -1.75. The second-order valence-electron chi connectivity index (χ2n) is 4.80. The third-order valence-corrected chi connectivity index (χ3v) is 3.02. The van der Waals surface area contributed by atoms with Gasteiger partial charge in [0.05, 0.1) is 5.41 Å². The lowest BCUT2D eigenvalue weighted by Crippen LogP contribution is -2.33. The minimum atomic E-state index is -1.31. The van der Waals surface area contributed by atoms with Gasteiger partial charge in [-0.05, 0) is 32.4 Å². The number of aryl methyl sites for hydroxylation is 1. The molecule has 0 saturated carbocycles. The number of pyridine rings is 1. The van der Waals surface area contributed by atoms with E-state index in [4.69, 9.17) is 0 Å². The lowest BCUT2D eigenvalue weighted by Gasteiger charge is -2.17. The highest BCUT2D eigenvalue weighted by atomic mass is 16.3. The van der Waals surface area contributed by atoms with Gasteiger partial charge in [0.15, 0.2) is 0 Å². The molecule has 2 amide bonds. The van der Waals surface area contributed by atoms with Crippen molar-refractivity contribution in [1.82, 2.24) is 4.98 Å². The maximum Gasteiger partial charge on any atom is 0.264 e. The molecule has 1 N–H and O–H groups in total. The second-order valence-corrected chi connectivity index (χ2v) is 4.80. The lowest BCUT2D eigenvalue weighted by atomic mass is 9.89. The van der Waals surface area contributed by atoms with Gasteiger partial charge in [0, 0.05) is 6.20 Å². The summed E-state index contributed by atoms with van der Waals surface area (Å²) in [6.07, 6.45) is 0.270. The van der Waals surface area contributed by atoms with Gasteiger partial charge in [-0.2, -0.15) is 0 Å². The fourth-order valence-electron chi connectivity index (χ4n) is 1.75. The summed E-state index contributed by atoms with van der Waals surface area (Å²) in [4.78, 5) is 28.9. The molecule has 1 aromatic heterocycles. The van der Waals surface area contributed by atoms with Crippen molar-refractivity contribution in [3.8, 4) is 0 Å². The van der Waals surface area contributed by atoms with Gasteiger partial charge in [0.1, 0.15) is 11.9 Å². The van der Waals surface area contributed by atoms with Crippen molar-refractivity contribution in [2.75, 3.05) is 4.90 Å². The first-order chi connectivity index (χ1) is 7.85. The Kier molecular flexibility index (Phi) is 2.50. The Morgan fingerprint density at radius 3 is 2.41 bits per heavy atom. The molecular formula is C12H14N2O3. The van der Waals surface area contributed by atoms with Gasteiger partial charge in [-0.25, -0.2) is 9.88 Å². The molecule has 2 heterocycles. The topological polar surface area (TPSA) is 70.5 Å². The number of hydrogen-bond acceptors (Lipinski definition) is 4. The molecule has 0 aliphatic carbocycles. The SMILES string of the molecule is Cc1ccc(N2C(=O)C(O)C(C)(C)C2=O)nc1. The summed E-state index contributed by atoms with van der Waals surface area (Å²) < 4.78 is 0. The number of aromatic nitrogens is 1. The van der Waals surface area contributed by atoms with E-state index in [1.807, 2.05) is 6.92 Å². The van der Waals surface area contributed by atoms with Gasteiger partial charge in [0.2, 0.25) is 5.91 Å². The van der Waals surface area contributed by atoms with Crippen LogP contribution in [0.4, 0.5) is 5.82 Å². The number of rotatable bonds is 1. The van der Waals surface area contributed by atoms with E-state index in [0.717, 1.165) is 10.5 Å². The molecule has 1 aromatic rings. The molecule has 1 aliphatic rings. The van der Waals surface area contributed by atoms with E-state index in [0.29, 0.717) is 0 Å². The number of carbonyl (C=O) groups excluding carboxylic acids is 2. The molecule has 1 saturated heterocycles. The number of hydrogen-bond donors (Lipinski definition) is 1. The van der Waals surface area contributed by atoms with Crippen LogP contribution in [-0.4, -0.2) is 28.0 Å². The maximum atomic E-state index is 12.0. The summed E-state index contributed by atoms with van der Waals surface area (Å²) >= 11 is 0. The van der Waals surface area contributed by atoms with E-state index >= 15 is 0 Å². The van der Waals surface area contributed by atoms with E-state index in [9.17, 15) is 14.7 Å². The van der Waals surface area contributed by atoms with Crippen molar-refractivity contribution in [2.45, 2.75) is 26.9 Å². The van der Waals surface area contributed by atoms with Crippen LogP contribution in [0.3, 0.4) is 0 Å². The van der Waals surface area contributed by atoms with E-state index in [2.05, 4.69) is 4.98 Å². The van der Waals surface area contributed by atoms with Crippen molar-refractivity contribution in [3.05, 3.63) is 23.9 Å². The number of nitrogens with zero attached hydrogens (tertiary/aromatic N) is 2. The Bertz CT molecular complexity index is 479. The summed E-state index contributed by atoms with van der Waals surface area (Å²) in [5.74, 6) is -0.780. The molecule has 1 unspecified atom stereocenters. The number of anilines is 1. The molecule has 0 bridgehead atoms. The molecule has 0 aromatic carbocycles. The minimum Gasteiger partial charge on any atom is -0.382 e. The molecule has 5 heteroatoms. The molecule has 1 aliphatic heterocycles. The molecule has 5 nitrogen and oxygen atoms in total. The molecule has 2 rings (SSSR count). The van der Waals surface area contributed by atoms with E-state index < -0.39 is 23.3 Å². The van der Waals surface area contributed by atoms with Crippen molar-refractivity contribution in [3.63, 3.8) is 0 Å². The molecular weight excluding hydrogens is 220 g/mol. The van der Waals surface area contributed by atoms with Crippen molar-refractivity contribution >= 4 is 17.6 Å². The fraction of sp³-hybridized carbons (Fsp3) is 0.417. The molecule has 0 radical (unpaired) electrons. The quantitative estimate of drug-likeness (QED) is 0.724. The van der Waals surface area contributed by atoms with Crippen LogP contribution in [0.15, 0.2) is 18.3 Å². The number of carbonyl (C=O) groups is 2. The van der Waals surface area contributed by atoms with Gasteiger partial charge in [-0.3, -0.25) is 9.59 Å². The average Bonchev–Trinajstić information content (AvgIpc) is 2.43. The number of aliphatic hydroxyl groups excluding tert-OH is 1. The highest BCUT2D eigenvalue weighted by Gasteiger charge is 2.53. The zero-order chi connectivity index (χ0) is 12.8. The van der Waals surface area contributed by atoms with Crippen LogP contribution in [0.2, 0.25) is 0 Å². The first-order valence-electron chi connectivity index (χ1n) is 5.35. The summed E-state index contributed by atoms with van der Waals surface area (Å²) in [6, 6.07) is 3.36. The van der Waals surface area contributed by atoms with Crippen LogP contribution in [0, 0.1) is 12.3 Å². The predicted octanol–water partition coefficient (Wildman–Crippen LogP) is 0.650. The summed E-state index contributed by atoms with van der Waals surface area (Å²) in [7, 11) is 0.